The van der Waals surface area contributed by atoms with Gasteiger partial charge in [-0.3, -0.25) is 4.79 Å². The number of anilines is 2. The molecule has 0 unspecified atom stereocenters. The summed E-state index contributed by atoms with van der Waals surface area (Å²) in [5.41, 5.74) is 0.791. The first-order valence-corrected chi connectivity index (χ1v) is 9.23. The second-order valence-electron chi connectivity index (χ2n) is 6.54. The number of nitrogens with zero attached hydrogens (tertiary/aromatic N) is 2. The molecule has 2 heterocycles. The number of carbonyl (C=O) groups excluding carboxylic acids is 1. The van der Waals surface area contributed by atoms with E-state index in [-0.39, 0.29) is 0 Å². The molecule has 0 radical (unpaired) electrons. The van der Waals surface area contributed by atoms with Crippen molar-refractivity contribution in [3.05, 3.63) is 24.1 Å². The van der Waals surface area contributed by atoms with Gasteiger partial charge in [0.1, 0.15) is 11.6 Å². The van der Waals surface area contributed by atoms with Crippen molar-refractivity contribution in [2.24, 2.45) is 0 Å². The largest absolute Gasteiger partial charge is 0.453 e. The number of furan rings is 1. The normalized spacial score (nSPS) is 15.1. The summed E-state index contributed by atoms with van der Waals surface area (Å²) in [6, 6.07) is 3.88. The Morgan fingerprint density at radius 1 is 1.28 bits per heavy atom. The molecule has 134 valence electrons. The van der Waals surface area contributed by atoms with Crippen LogP contribution in [0.2, 0.25) is 0 Å². The van der Waals surface area contributed by atoms with Crippen molar-refractivity contribution in [3.63, 3.8) is 0 Å². The Labute approximate surface area is 148 Å². The Kier molecular flexibility index (Phi) is 6.04. The zero-order chi connectivity index (χ0) is 17.5. The number of nitrogens with one attached hydrogen (secondary N) is 2. The van der Waals surface area contributed by atoms with Crippen LogP contribution in [0.25, 0.3) is 11.3 Å². The van der Waals surface area contributed by atoms with Gasteiger partial charge in [0.15, 0.2) is 12.0 Å². The lowest BCUT2D eigenvalue weighted by atomic mass is 9.95. The zero-order valence-corrected chi connectivity index (χ0v) is 14.8. The number of rotatable bonds is 8. The van der Waals surface area contributed by atoms with Crippen LogP contribution < -0.4 is 10.6 Å². The maximum absolute atomic E-state index is 10.9. The van der Waals surface area contributed by atoms with Crippen LogP contribution in [0.15, 0.2) is 22.7 Å². The van der Waals surface area contributed by atoms with Crippen molar-refractivity contribution < 1.29 is 9.21 Å². The van der Waals surface area contributed by atoms with E-state index < -0.39 is 0 Å². The van der Waals surface area contributed by atoms with Gasteiger partial charge in [0.05, 0.1) is 5.56 Å². The SMILES string of the molecule is CCCCNc1ncc(-c2ccc(C=O)o2)c(NC2CCCCC2)n1. The fraction of sp³-hybridized carbons (Fsp3) is 0.526. The van der Waals surface area contributed by atoms with E-state index in [9.17, 15) is 4.79 Å². The van der Waals surface area contributed by atoms with Crippen LogP contribution in [0.1, 0.15) is 62.4 Å². The van der Waals surface area contributed by atoms with Crippen molar-refractivity contribution in [2.75, 3.05) is 17.2 Å². The topological polar surface area (TPSA) is 80.0 Å². The summed E-state index contributed by atoms with van der Waals surface area (Å²) in [6.07, 6.45) is 10.8. The molecule has 6 heteroatoms. The molecule has 0 aromatic carbocycles. The van der Waals surface area contributed by atoms with Crippen LogP contribution in [0.3, 0.4) is 0 Å². The third-order valence-corrected chi connectivity index (χ3v) is 4.56. The van der Waals surface area contributed by atoms with Crippen molar-refractivity contribution in [3.8, 4) is 11.3 Å². The van der Waals surface area contributed by atoms with Gasteiger partial charge in [0.25, 0.3) is 0 Å². The lowest BCUT2D eigenvalue weighted by Gasteiger charge is -2.24. The van der Waals surface area contributed by atoms with Crippen molar-refractivity contribution in [2.45, 2.75) is 57.9 Å². The smallest absolute Gasteiger partial charge is 0.224 e. The van der Waals surface area contributed by atoms with Gasteiger partial charge >= 0.3 is 0 Å². The predicted molar refractivity (Wildman–Crippen MR) is 99.0 cm³/mol. The Morgan fingerprint density at radius 2 is 2.12 bits per heavy atom. The predicted octanol–water partition coefficient (Wildman–Crippen LogP) is 4.51. The number of hydrogen-bond acceptors (Lipinski definition) is 6. The highest BCUT2D eigenvalue weighted by Crippen LogP contribution is 2.30. The lowest BCUT2D eigenvalue weighted by Crippen LogP contribution is -2.23. The molecular formula is C19H26N4O2. The summed E-state index contributed by atoms with van der Waals surface area (Å²) in [5, 5.41) is 6.84. The fourth-order valence-corrected chi connectivity index (χ4v) is 3.14. The van der Waals surface area contributed by atoms with E-state index in [1.807, 2.05) is 0 Å². The minimum Gasteiger partial charge on any atom is -0.453 e. The first-order valence-electron chi connectivity index (χ1n) is 9.23. The molecule has 6 nitrogen and oxygen atoms in total. The number of unbranched alkanes of at least 4 members (excludes halogenated alkanes) is 1. The minimum atomic E-state index is 0.309. The van der Waals surface area contributed by atoms with E-state index in [0.29, 0.717) is 29.8 Å². The summed E-state index contributed by atoms with van der Waals surface area (Å²) in [7, 11) is 0. The molecule has 25 heavy (non-hydrogen) atoms. The average Bonchev–Trinajstić information content (AvgIpc) is 3.12. The van der Waals surface area contributed by atoms with Crippen LogP contribution in [-0.2, 0) is 0 Å². The Hall–Kier alpha value is -2.37. The Balaban J connectivity index is 1.84. The van der Waals surface area contributed by atoms with Gasteiger partial charge < -0.3 is 15.1 Å². The van der Waals surface area contributed by atoms with Crippen molar-refractivity contribution in [1.82, 2.24) is 9.97 Å². The summed E-state index contributed by atoms with van der Waals surface area (Å²) >= 11 is 0. The maximum Gasteiger partial charge on any atom is 0.224 e. The molecule has 1 saturated carbocycles. The van der Waals surface area contributed by atoms with Gasteiger partial charge in [-0.2, -0.15) is 4.98 Å². The first kappa shape index (κ1) is 17.5. The van der Waals surface area contributed by atoms with Gasteiger partial charge in [-0.15, -0.1) is 0 Å². The Morgan fingerprint density at radius 3 is 2.84 bits per heavy atom. The highest BCUT2D eigenvalue weighted by atomic mass is 16.3. The molecule has 3 rings (SSSR count). The summed E-state index contributed by atoms with van der Waals surface area (Å²) < 4.78 is 5.58. The van der Waals surface area contributed by atoms with Crippen LogP contribution in [0.5, 0.6) is 0 Å². The van der Waals surface area contributed by atoms with Gasteiger partial charge in [-0.25, -0.2) is 4.98 Å². The van der Waals surface area contributed by atoms with Gasteiger partial charge in [-0.05, 0) is 31.4 Å². The molecular weight excluding hydrogens is 316 g/mol. The quantitative estimate of drug-likeness (QED) is 0.543. The van der Waals surface area contributed by atoms with Crippen LogP contribution >= 0.6 is 0 Å². The molecule has 0 saturated heterocycles. The van der Waals surface area contributed by atoms with E-state index in [4.69, 9.17) is 4.42 Å². The molecule has 1 fully saturated rings. The molecule has 2 aromatic heterocycles. The summed E-state index contributed by atoms with van der Waals surface area (Å²) in [4.78, 5) is 20.0. The molecule has 0 bridgehead atoms. The zero-order valence-electron chi connectivity index (χ0n) is 14.8. The van der Waals surface area contributed by atoms with E-state index in [2.05, 4.69) is 27.5 Å². The fourth-order valence-electron chi connectivity index (χ4n) is 3.14. The van der Waals surface area contributed by atoms with Gasteiger partial charge in [0, 0.05) is 18.8 Å². The molecule has 1 aliphatic carbocycles. The highest BCUT2D eigenvalue weighted by Gasteiger charge is 2.18. The third kappa shape index (κ3) is 4.59. The maximum atomic E-state index is 10.9. The standard InChI is InChI=1S/C19H26N4O2/c1-2-3-11-20-19-21-12-16(17-10-9-15(13-24)25-17)18(23-19)22-14-7-5-4-6-8-14/h9-10,12-14H,2-8,11H2,1H3,(H2,20,21,22,23). The van der Waals surface area contributed by atoms with Gasteiger partial charge in [0.2, 0.25) is 5.95 Å². The van der Waals surface area contributed by atoms with Crippen LogP contribution in [0.4, 0.5) is 11.8 Å². The average molecular weight is 342 g/mol. The number of aldehydes is 1. The number of hydrogen-bond donors (Lipinski definition) is 2. The van der Waals surface area contributed by atoms with Crippen LogP contribution in [-0.4, -0.2) is 28.8 Å². The minimum absolute atomic E-state index is 0.309. The van der Waals surface area contributed by atoms with Crippen molar-refractivity contribution in [1.29, 1.82) is 0 Å². The second kappa shape index (κ2) is 8.65. The summed E-state index contributed by atoms with van der Waals surface area (Å²) in [5.74, 6) is 2.31. The monoisotopic (exact) mass is 342 g/mol. The number of carbonyl (C=O) groups is 1. The number of aromatic nitrogens is 2. The molecule has 0 atom stereocenters. The summed E-state index contributed by atoms with van der Waals surface area (Å²) in [6.45, 7) is 3.01. The van der Waals surface area contributed by atoms with E-state index >= 15 is 0 Å². The first-order chi connectivity index (χ1) is 12.3. The molecule has 0 spiro atoms. The molecule has 2 N–H and O–H groups in total. The lowest BCUT2D eigenvalue weighted by molar-refractivity contribution is 0.110. The third-order valence-electron chi connectivity index (χ3n) is 4.56. The van der Waals surface area contributed by atoms with E-state index in [0.717, 1.165) is 43.6 Å². The molecule has 0 amide bonds. The molecule has 0 aliphatic heterocycles. The van der Waals surface area contributed by atoms with Crippen LogP contribution in [0, 0.1) is 0 Å². The van der Waals surface area contributed by atoms with Crippen molar-refractivity contribution >= 4 is 18.1 Å². The Bertz CT molecular complexity index is 692. The molecule has 2 aromatic rings. The van der Waals surface area contributed by atoms with E-state index in [1.54, 1.807) is 18.3 Å². The molecule has 1 aliphatic rings. The second-order valence-corrected chi connectivity index (χ2v) is 6.54. The highest BCUT2D eigenvalue weighted by molar-refractivity contribution is 5.76. The van der Waals surface area contributed by atoms with Gasteiger partial charge in [-0.1, -0.05) is 32.6 Å². The van der Waals surface area contributed by atoms with E-state index in [1.165, 1.54) is 19.3 Å².